The Hall–Kier alpha value is -2.94. The standard InChI is InChI=1S/C19H17N3/c1-20-18-11-4-2-9-16(18)17-10-3-5-12-19(17)22-14-15-8-6-7-13-21-15/h2-14,20H,1H3. The lowest BCUT2D eigenvalue weighted by atomic mass is 10.0. The maximum absolute atomic E-state index is 4.61. The van der Waals surface area contributed by atoms with E-state index in [0.717, 1.165) is 28.2 Å². The first-order valence-electron chi connectivity index (χ1n) is 7.20. The lowest BCUT2D eigenvalue weighted by molar-refractivity contribution is 1.30. The van der Waals surface area contributed by atoms with Gasteiger partial charge in [-0.05, 0) is 24.3 Å². The summed E-state index contributed by atoms with van der Waals surface area (Å²) >= 11 is 0. The van der Waals surface area contributed by atoms with Gasteiger partial charge >= 0.3 is 0 Å². The molecule has 3 aromatic rings. The zero-order valence-corrected chi connectivity index (χ0v) is 12.4. The number of benzene rings is 2. The van der Waals surface area contributed by atoms with Crippen LogP contribution in [-0.4, -0.2) is 18.2 Å². The van der Waals surface area contributed by atoms with Gasteiger partial charge in [-0.25, -0.2) is 0 Å². The smallest absolute Gasteiger partial charge is 0.0812 e. The third kappa shape index (κ3) is 3.04. The fourth-order valence-corrected chi connectivity index (χ4v) is 2.34. The lowest BCUT2D eigenvalue weighted by Crippen LogP contribution is -1.91. The van der Waals surface area contributed by atoms with Crippen LogP contribution in [0.4, 0.5) is 11.4 Å². The summed E-state index contributed by atoms with van der Waals surface area (Å²) in [6.45, 7) is 0. The van der Waals surface area contributed by atoms with Crippen molar-refractivity contribution < 1.29 is 0 Å². The van der Waals surface area contributed by atoms with E-state index < -0.39 is 0 Å². The van der Waals surface area contributed by atoms with Crippen molar-refractivity contribution in [2.24, 2.45) is 4.99 Å². The molecule has 1 heterocycles. The zero-order valence-electron chi connectivity index (χ0n) is 12.4. The summed E-state index contributed by atoms with van der Waals surface area (Å²) in [6, 6.07) is 22.1. The van der Waals surface area contributed by atoms with Gasteiger partial charge in [0, 0.05) is 30.1 Å². The van der Waals surface area contributed by atoms with Crippen LogP contribution >= 0.6 is 0 Å². The molecule has 0 bridgehead atoms. The van der Waals surface area contributed by atoms with E-state index in [1.807, 2.05) is 55.6 Å². The van der Waals surface area contributed by atoms with E-state index >= 15 is 0 Å². The summed E-state index contributed by atoms with van der Waals surface area (Å²) in [6.07, 6.45) is 3.56. The van der Waals surface area contributed by atoms with Crippen LogP contribution in [-0.2, 0) is 0 Å². The fraction of sp³-hybridized carbons (Fsp3) is 0.0526. The Kier molecular flexibility index (Phi) is 4.25. The van der Waals surface area contributed by atoms with Crippen molar-refractivity contribution in [1.29, 1.82) is 0 Å². The predicted molar refractivity (Wildman–Crippen MR) is 92.9 cm³/mol. The summed E-state index contributed by atoms with van der Waals surface area (Å²) in [4.78, 5) is 8.88. The molecule has 0 fully saturated rings. The van der Waals surface area contributed by atoms with Gasteiger partial charge in [-0.2, -0.15) is 0 Å². The van der Waals surface area contributed by atoms with E-state index in [0.29, 0.717) is 0 Å². The van der Waals surface area contributed by atoms with Gasteiger partial charge in [-0.1, -0.05) is 42.5 Å². The highest BCUT2D eigenvalue weighted by molar-refractivity contribution is 5.88. The lowest BCUT2D eigenvalue weighted by Gasteiger charge is -2.11. The van der Waals surface area contributed by atoms with Crippen molar-refractivity contribution in [3.05, 3.63) is 78.6 Å². The first kappa shape index (κ1) is 14.0. The molecule has 0 atom stereocenters. The van der Waals surface area contributed by atoms with Crippen LogP contribution in [0, 0.1) is 0 Å². The number of rotatable bonds is 4. The van der Waals surface area contributed by atoms with Gasteiger partial charge < -0.3 is 5.32 Å². The van der Waals surface area contributed by atoms with E-state index in [9.17, 15) is 0 Å². The van der Waals surface area contributed by atoms with Crippen LogP contribution < -0.4 is 5.32 Å². The Balaban J connectivity index is 2.02. The average molecular weight is 287 g/mol. The number of hydrogen-bond acceptors (Lipinski definition) is 3. The molecule has 0 saturated heterocycles. The van der Waals surface area contributed by atoms with Gasteiger partial charge in [0.15, 0.2) is 0 Å². The molecule has 3 heteroatoms. The predicted octanol–water partition coefficient (Wildman–Crippen LogP) is 4.54. The number of para-hydroxylation sites is 2. The molecule has 0 radical (unpaired) electrons. The molecule has 0 saturated carbocycles. The number of anilines is 1. The molecule has 1 N–H and O–H groups in total. The summed E-state index contributed by atoms with van der Waals surface area (Å²) in [5.41, 5.74) is 5.09. The third-order valence-electron chi connectivity index (χ3n) is 3.41. The summed E-state index contributed by atoms with van der Waals surface area (Å²) in [5, 5.41) is 3.23. The molecule has 108 valence electrons. The van der Waals surface area contributed by atoms with Crippen LogP contribution in [0.3, 0.4) is 0 Å². The summed E-state index contributed by atoms with van der Waals surface area (Å²) < 4.78 is 0. The number of aromatic nitrogens is 1. The van der Waals surface area contributed by atoms with E-state index in [1.165, 1.54) is 0 Å². The molecule has 3 rings (SSSR count). The molecule has 1 aromatic heterocycles. The van der Waals surface area contributed by atoms with Crippen molar-refractivity contribution in [1.82, 2.24) is 4.98 Å². The van der Waals surface area contributed by atoms with E-state index in [-0.39, 0.29) is 0 Å². The van der Waals surface area contributed by atoms with Gasteiger partial charge in [0.2, 0.25) is 0 Å². The number of hydrogen-bond donors (Lipinski definition) is 1. The molecule has 0 unspecified atom stereocenters. The fourth-order valence-electron chi connectivity index (χ4n) is 2.34. The molecule has 3 nitrogen and oxygen atoms in total. The third-order valence-corrected chi connectivity index (χ3v) is 3.41. The first-order valence-corrected chi connectivity index (χ1v) is 7.20. The second-order valence-corrected chi connectivity index (χ2v) is 4.83. The molecular weight excluding hydrogens is 270 g/mol. The Bertz CT molecular complexity index is 779. The van der Waals surface area contributed by atoms with E-state index in [1.54, 1.807) is 12.4 Å². The SMILES string of the molecule is CNc1ccccc1-c1ccccc1N=Cc1ccccn1. The van der Waals surface area contributed by atoms with Gasteiger partial charge in [0.1, 0.15) is 0 Å². The topological polar surface area (TPSA) is 37.3 Å². The summed E-state index contributed by atoms with van der Waals surface area (Å²) in [5.74, 6) is 0. The molecule has 2 aromatic carbocycles. The van der Waals surface area contributed by atoms with Gasteiger partial charge in [0.25, 0.3) is 0 Å². The minimum atomic E-state index is 0.846. The Labute approximate surface area is 130 Å². The van der Waals surface area contributed by atoms with E-state index in [4.69, 9.17) is 0 Å². The van der Waals surface area contributed by atoms with Crippen molar-refractivity contribution in [2.45, 2.75) is 0 Å². The van der Waals surface area contributed by atoms with Crippen molar-refractivity contribution in [3.8, 4) is 11.1 Å². The highest BCUT2D eigenvalue weighted by Crippen LogP contribution is 2.34. The second kappa shape index (κ2) is 6.68. The van der Waals surface area contributed by atoms with Crippen LogP contribution in [0.5, 0.6) is 0 Å². The number of nitrogens with zero attached hydrogens (tertiary/aromatic N) is 2. The number of nitrogens with one attached hydrogen (secondary N) is 1. The van der Waals surface area contributed by atoms with Crippen LogP contribution in [0.25, 0.3) is 11.1 Å². The van der Waals surface area contributed by atoms with Crippen LogP contribution in [0.2, 0.25) is 0 Å². The maximum Gasteiger partial charge on any atom is 0.0812 e. The zero-order chi connectivity index (χ0) is 15.2. The number of pyridine rings is 1. The largest absolute Gasteiger partial charge is 0.388 e. The first-order chi connectivity index (χ1) is 10.9. The molecule has 0 aliphatic rings. The van der Waals surface area contributed by atoms with Crippen molar-refractivity contribution >= 4 is 17.6 Å². The molecule has 22 heavy (non-hydrogen) atoms. The molecular formula is C19H17N3. The monoisotopic (exact) mass is 287 g/mol. The minimum Gasteiger partial charge on any atom is -0.388 e. The van der Waals surface area contributed by atoms with Crippen molar-refractivity contribution in [2.75, 3.05) is 12.4 Å². The van der Waals surface area contributed by atoms with E-state index in [2.05, 4.69) is 33.5 Å². The minimum absolute atomic E-state index is 0.846. The molecule has 0 aliphatic heterocycles. The highest BCUT2D eigenvalue weighted by Gasteiger charge is 2.07. The van der Waals surface area contributed by atoms with Gasteiger partial charge in [-0.15, -0.1) is 0 Å². The Morgan fingerprint density at radius 2 is 1.59 bits per heavy atom. The van der Waals surface area contributed by atoms with Gasteiger partial charge in [0.05, 0.1) is 17.6 Å². The number of aliphatic imine (C=N–C) groups is 1. The molecule has 0 aliphatic carbocycles. The van der Waals surface area contributed by atoms with Crippen LogP contribution in [0.1, 0.15) is 5.69 Å². The average Bonchev–Trinajstić information content (AvgIpc) is 2.61. The Morgan fingerprint density at radius 1 is 0.864 bits per heavy atom. The molecule has 0 spiro atoms. The van der Waals surface area contributed by atoms with Crippen LogP contribution in [0.15, 0.2) is 77.9 Å². The Morgan fingerprint density at radius 3 is 2.36 bits per heavy atom. The molecule has 0 amide bonds. The normalized spacial score (nSPS) is 10.8. The quantitative estimate of drug-likeness (QED) is 0.715. The highest BCUT2D eigenvalue weighted by atomic mass is 14.8. The van der Waals surface area contributed by atoms with Crippen molar-refractivity contribution in [3.63, 3.8) is 0 Å². The second-order valence-electron chi connectivity index (χ2n) is 4.83. The van der Waals surface area contributed by atoms with Gasteiger partial charge in [-0.3, -0.25) is 9.98 Å². The maximum atomic E-state index is 4.61. The summed E-state index contributed by atoms with van der Waals surface area (Å²) in [7, 11) is 1.93.